The summed E-state index contributed by atoms with van der Waals surface area (Å²) in [5, 5.41) is 9.26. The van der Waals surface area contributed by atoms with Crippen LogP contribution in [0, 0.1) is 0 Å². The molecule has 0 saturated carbocycles. The summed E-state index contributed by atoms with van der Waals surface area (Å²) in [7, 11) is 1.65. The molecule has 3 nitrogen and oxygen atoms in total. The van der Waals surface area contributed by atoms with Gasteiger partial charge in [-0.05, 0) is 23.6 Å². The molecule has 15 heavy (non-hydrogen) atoms. The number of nitrogens with zero attached hydrogens (tertiary/aromatic N) is 2. The third-order valence-electron chi connectivity index (χ3n) is 2.50. The van der Waals surface area contributed by atoms with Crippen LogP contribution in [-0.2, 0) is 0 Å². The van der Waals surface area contributed by atoms with Crippen LogP contribution in [0.25, 0.3) is 10.9 Å². The maximum absolute atomic E-state index is 5.15. The SMILES string of the molecule is COc1ccc2c(C(C)C)cnnc2c1. The highest BCUT2D eigenvalue weighted by Crippen LogP contribution is 2.25. The predicted molar refractivity (Wildman–Crippen MR) is 60.2 cm³/mol. The number of hydrogen-bond acceptors (Lipinski definition) is 3. The Morgan fingerprint density at radius 3 is 2.73 bits per heavy atom. The topological polar surface area (TPSA) is 35.0 Å². The van der Waals surface area contributed by atoms with Crippen LogP contribution in [0.2, 0.25) is 0 Å². The molecule has 2 aromatic rings. The molecule has 0 unspecified atom stereocenters. The van der Waals surface area contributed by atoms with Crippen LogP contribution < -0.4 is 4.74 Å². The van der Waals surface area contributed by atoms with Gasteiger partial charge in [0.2, 0.25) is 0 Å². The van der Waals surface area contributed by atoms with Crippen LogP contribution in [0.15, 0.2) is 24.4 Å². The summed E-state index contributed by atoms with van der Waals surface area (Å²) in [5.41, 5.74) is 2.11. The number of methoxy groups -OCH3 is 1. The lowest BCUT2D eigenvalue weighted by Gasteiger charge is -2.08. The summed E-state index contributed by atoms with van der Waals surface area (Å²) >= 11 is 0. The lowest BCUT2D eigenvalue weighted by molar-refractivity contribution is 0.415. The molecule has 0 atom stereocenters. The summed E-state index contributed by atoms with van der Waals surface area (Å²) in [6.45, 7) is 4.31. The van der Waals surface area contributed by atoms with Crippen molar-refractivity contribution in [3.8, 4) is 5.75 Å². The second-order valence-electron chi connectivity index (χ2n) is 3.84. The molecule has 1 aromatic carbocycles. The van der Waals surface area contributed by atoms with E-state index in [0.717, 1.165) is 16.7 Å². The number of fused-ring (bicyclic) bond motifs is 1. The first kappa shape index (κ1) is 9.90. The minimum atomic E-state index is 0.455. The second-order valence-corrected chi connectivity index (χ2v) is 3.84. The summed E-state index contributed by atoms with van der Waals surface area (Å²) in [6.07, 6.45) is 1.83. The van der Waals surface area contributed by atoms with Crippen molar-refractivity contribution >= 4 is 10.9 Å². The fourth-order valence-electron chi connectivity index (χ4n) is 1.65. The summed E-state index contributed by atoms with van der Waals surface area (Å²) < 4.78 is 5.15. The van der Waals surface area contributed by atoms with E-state index in [0.29, 0.717) is 5.92 Å². The molecule has 78 valence electrons. The first-order valence-corrected chi connectivity index (χ1v) is 5.01. The van der Waals surface area contributed by atoms with Gasteiger partial charge in [-0.15, -0.1) is 0 Å². The molecule has 0 aliphatic rings. The molecule has 3 heteroatoms. The number of aromatic nitrogens is 2. The van der Waals surface area contributed by atoms with E-state index in [4.69, 9.17) is 4.74 Å². The second kappa shape index (κ2) is 3.85. The van der Waals surface area contributed by atoms with Gasteiger partial charge in [0.15, 0.2) is 0 Å². The van der Waals surface area contributed by atoms with Crippen molar-refractivity contribution in [2.24, 2.45) is 0 Å². The minimum Gasteiger partial charge on any atom is -0.497 e. The smallest absolute Gasteiger partial charge is 0.121 e. The molecule has 1 heterocycles. The highest BCUT2D eigenvalue weighted by molar-refractivity contribution is 5.83. The predicted octanol–water partition coefficient (Wildman–Crippen LogP) is 2.76. The normalized spacial score (nSPS) is 10.9. The number of hydrogen-bond donors (Lipinski definition) is 0. The maximum Gasteiger partial charge on any atom is 0.121 e. The molecule has 0 aliphatic heterocycles. The van der Waals surface area contributed by atoms with Crippen LogP contribution in [-0.4, -0.2) is 17.3 Å². The Kier molecular flexibility index (Phi) is 2.54. The number of ether oxygens (including phenoxy) is 1. The van der Waals surface area contributed by atoms with Crippen LogP contribution in [0.5, 0.6) is 5.75 Å². The molecule has 2 rings (SSSR count). The molecular weight excluding hydrogens is 188 g/mol. The first-order valence-electron chi connectivity index (χ1n) is 5.01. The molecule has 0 saturated heterocycles. The maximum atomic E-state index is 5.15. The van der Waals surface area contributed by atoms with Gasteiger partial charge in [0.25, 0.3) is 0 Å². The Morgan fingerprint density at radius 2 is 2.07 bits per heavy atom. The largest absolute Gasteiger partial charge is 0.497 e. The van der Waals surface area contributed by atoms with E-state index in [1.165, 1.54) is 5.56 Å². The Balaban J connectivity index is 2.67. The van der Waals surface area contributed by atoms with Crippen LogP contribution in [0.3, 0.4) is 0 Å². The highest BCUT2D eigenvalue weighted by atomic mass is 16.5. The average Bonchev–Trinajstić information content (AvgIpc) is 2.27. The Hall–Kier alpha value is -1.64. The molecule has 0 bridgehead atoms. The van der Waals surface area contributed by atoms with Crippen molar-refractivity contribution in [1.82, 2.24) is 10.2 Å². The van der Waals surface area contributed by atoms with Gasteiger partial charge in [0, 0.05) is 11.5 Å². The third kappa shape index (κ3) is 1.77. The van der Waals surface area contributed by atoms with E-state index >= 15 is 0 Å². The van der Waals surface area contributed by atoms with E-state index in [1.54, 1.807) is 7.11 Å². The van der Waals surface area contributed by atoms with Crippen molar-refractivity contribution in [2.45, 2.75) is 19.8 Å². The van der Waals surface area contributed by atoms with Crippen molar-refractivity contribution in [2.75, 3.05) is 7.11 Å². The van der Waals surface area contributed by atoms with E-state index in [9.17, 15) is 0 Å². The molecule has 0 aliphatic carbocycles. The van der Waals surface area contributed by atoms with Gasteiger partial charge in [-0.1, -0.05) is 13.8 Å². The third-order valence-corrected chi connectivity index (χ3v) is 2.50. The summed E-state index contributed by atoms with van der Waals surface area (Å²) in [6, 6.07) is 5.91. The van der Waals surface area contributed by atoms with Gasteiger partial charge in [0.05, 0.1) is 18.8 Å². The number of rotatable bonds is 2. The fraction of sp³-hybridized carbons (Fsp3) is 0.333. The Labute approximate surface area is 89.1 Å². The molecule has 0 fully saturated rings. The van der Waals surface area contributed by atoms with E-state index in [2.05, 4.69) is 24.0 Å². The van der Waals surface area contributed by atoms with Crippen LogP contribution in [0.4, 0.5) is 0 Å². The molecule has 0 spiro atoms. The Bertz CT molecular complexity index is 480. The monoisotopic (exact) mass is 202 g/mol. The van der Waals surface area contributed by atoms with E-state index < -0.39 is 0 Å². The van der Waals surface area contributed by atoms with E-state index in [1.807, 2.05) is 24.4 Å². The molecular formula is C12H14N2O. The van der Waals surface area contributed by atoms with Gasteiger partial charge in [-0.2, -0.15) is 10.2 Å². The highest BCUT2D eigenvalue weighted by Gasteiger charge is 2.07. The lowest BCUT2D eigenvalue weighted by Crippen LogP contribution is -1.94. The van der Waals surface area contributed by atoms with E-state index in [-0.39, 0.29) is 0 Å². The zero-order valence-corrected chi connectivity index (χ0v) is 9.19. The quantitative estimate of drug-likeness (QED) is 0.751. The summed E-state index contributed by atoms with van der Waals surface area (Å²) in [4.78, 5) is 0. The van der Waals surface area contributed by atoms with Gasteiger partial charge in [-0.3, -0.25) is 0 Å². The zero-order valence-electron chi connectivity index (χ0n) is 9.19. The van der Waals surface area contributed by atoms with Crippen molar-refractivity contribution in [3.05, 3.63) is 30.0 Å². The number of benzene rings is 1. The van der Waals surface area contributed by atoms with Gasteiger partial charge < -0.3 is 4.74 Å². The molecule has 1 aromatic heterocycles. The first-order chi connectivity index (χ1) is 7.22. The molecule has 0 N–H and O–H groups in total. The van der Waals surface area contributed by atoms with Crippen LogP contribution >= 0.6 is 0 Å². The van der Waals surface area contributed by atoms with Gasteiger partial charge in [-0.25, -0.2) is 0 Å². The Morgan fingerprint density at radius 1 is 1.27 bits per heavy atom. The van der Waals surface area contributed by atoms with Crippen molar-refractivity contribution in [1.29, 1.82) is 0 Å². The zero-order chi connectivity index (χ0) is 10.8. The average molecular weight is 202 g/mol. The summed E-state index contributed by atoms with van der Waals surface area (Å²) in [5.74, 6) is 1.27. The standard InChI is InChI=1S/C12H14N2O/c1-8(2)11-7-13-14-12-6-9(15-3)4-5-10(11)12/h4-8H,1-3H3. The van der Waals surface area contributed by atoms with Gasteiger partial charge in [0.1, 0.15) is 5.75 Å². The van der Waals surface area contributed by atoms with Crippen LogP contribution in [0.1, 0.15) is 25.3 Å². The molecule has 0 radical (unpaired) electrons. The van der Waals surface area contributed by atoms with Gasteiger partial charge >= 0.3 is 0 Å². The lowest BCUT2D eigenvalue weighted by atomic mass is 10.0. The fourth-order valence-corrected chi connectivity index (χ4v) is 1.65. The van der Waals surface area contributed by atoms with Crippen molar-refractivity contribution < 1.29 is 4.74 Å². The van der Waals surface area contributed by atoms with Crippen molar-refractivity contribution in [3.63, 3.8) is 0 Å². The molecule has 0 amide bonds. The minimum absolute atomic E-state index is 0.455.